The molecule has 3 heteroatoms. The van der Waals surface area contributed by atoms with Gasteiger partial charge in [-0.15, -0.1) is 0 Å². The summed E-state index contributed by atoms with van der Waals surface area (Å²) in [6.45, 7) is 0. The van der Waals surface area contributed by atoms with Gasteiger partial charge in [-0.1, -0.05) is 89.2 Å². The maximum absolute atomic E-state index is 11.6. The molecular formula is C22H38O3. The van der Waals surface area contributed by atoms with Crippen molar-refractivity contribution in [2.75, 3.05) is 0 Å². The highest BCUT2D eigenvalue weighted by Gasteiger charge is 2.09. The molecule has 0 atom stereocenters. The zero-order valence-corrected chi connectivity index (χ0v) is 16.1. The molecule has 1 heterocycles. The van der Waals surface area contributed by atoms with Gasteiger partial charge in [0.25, 0.3) is 0 Å². The number of hydrogen-bond donors (Lipinski definition) is 0. The van der Waals surface area contributed by atoms with Crippen LogP contribution in [0.3, 0.4) is 0 Å². The van der Waals surface area contributed by atoms with Gasteiger partial charge in [-0.25, -0.2) is 0 Å². The Bertz CT molecular complexity index is 373. The van der Waals surface area contributed by atoms with Crippen molar-refractivity contribution in [2.24, 2.45) is 0 Å². The Balaban J connectivity index is 2.22. The first kappa shape index (κ1) is 21.9. The molecule has 0 aromatic heterocycles. The summed E-state index contributed by atoms with van der Waals surface area (Å²) in [4.78, 5) is 23.2. The standard InChI is InChI=1S/C22H38O3/c23-21-19-17-15-13-11-9-7-5-3-1-2-4-6-8-10-12-14-16-18-20-22(24)25-21/h13,15H,1-12,14,16-20H2/b15-13-. The minimum atomic E-state index is -0.381. The number of cyclic esters (lactones) is 2. The van der Waals surface area contributed by atoms with E-state index in [2.05, 4.69) is 6.08 Å². The van der Waals surface area contributed by atoms with Crippen LogP contribution in [0, 0.1) is 0 Å². The summed E-state index contributed by atoms with van der Waals surface area (Å²) >= 11 is 0. The van der Waals surface area contributed by atoms with Crippen LogP contribution in [-0.2, 0) is 14.3 Å². The summed E-state index contributed by atoms with van der Waals surface area (Å²) in [7, 11) is 0. The molecule has 3 nitrogen and oxygen atoms in total. The fourth-order valence-electron chi connectivity index (χ4n) is 3.32. The average Bonchev–Trinajstić information content (AvgIpc) is 2.59. The predicted octanol–water partition coefficient (Wildman–Crippen LogP) is 6.65. The lowest BCUT2D eigenvalue weighted by Crippen LogP contribution is -2.11. The Morgan fingerprint density at radius 3 is 1.44 bits per heavy atom. The number of ether oxygens (including phenoxy) is 1. The lowest BCUT2D eigenvalue weighted by Gasteiger charge is -2.04. The first-order chi connectivity index (χ1) is 12.3. The van der Waals surface area contributed by atoms with Crippen LogP contribution < -0.4 is 0 Å². The van der Waals surface area contributed by atoms with Crippen molar-refractivity contribution in [3.8, 4) is 0 Å². The highest BCUT2D eigenvalue weighted by Crippen LogP contribution is 2.14. The predicted molar refractivity (Wildman–Crippen MR) is 103 cm³/mol. The van der Waals surface area contributed by atoms with E-state index in [1.54, 1.807) is 0 Å². The molecule has 0 radical (unpaired) electrons. The van der Waals surface area contributed by atoms with Gasteiger partial charge >= 0.3 is 11.9 Å². The molecule has 0 N–H and O–H groups in total. The molecule has 0 fully saturated rings. The zero-order valence-electron chi connectivity index (χ0n) is 16.1. The molecule has 0 spiro atoms. The largest absolute Gasteiger partial charge is 0.393 e. The second-order valence-corrected chi connectivity index (χ2v) is 7.34. The fourth-order valence-corrected chi connectivity index (χ4v) is 3.32. The summed E-state index contributed by atoms with van der Waals surface area (Å²) < 4.78 is 4.86. The minimum Gasteiger partial charge on any atom is -0.393 e. The van der Waals surface area contributed by atoms with E-state index < -0.39 is 0 Å². The summed E-state index contributed by atoms with van der Waals surface area (Å²) in [6, 6.07) is 0. The number of carbonyl (C=O) groups is 2. The lowest BCUT2D eigenvalue weighted by atomic mass is 10.0. The molecule has 0 saturated carbocycles. The van der Waals surface area contributed by atoms with Crippen molar-refractivity contribution in [3.05, 3.63) is 12.2 Å². The highest BCUT2D eigenvalue weighted by molar-refractivity contribution is 5.85. The minimum absolute atomic E-state index is 0.308. The Kier molecular flexibility index (Phi) is 14.3. The van der Waals surface area contributed by atoms with Crippen LogP contribution in [0.25, 0.3) is 0 Å². The van der Waals surface area contributed by atoms with Gasteiger partial charge in [0.15, 0.2) is 0 Å². The van der Waals surface area contributed by atoms with E-state index in [1.165, 1.54) is 77.0 Å². The second-order valence-electron chi connectivity index (χ2n) is 7.34. The monoisotopic (exact) mass is 350 g/mol. The van der Waals surface area contributed by atoms with Crippen molar-refractivity contribution >= 4 is 11.9 Å². The van der Waals surface area contributed by atoms with Crippen LogP contribution in [0.1, 0.15) is 116 Å². The van der Waals surface area contributed by atoms with Gasteiger partial charge in [0, 0.05) is 12.8 Å². The zero-order chi connectivity index (χ0) is 18.0. The molecule has 144 valence electrons. The van der Waals surface area contributed by atoms with Gasteiger partial charge in [-0.2, -0.15) is 0 Å². The van der Waals surface area contributed by atoms with Crippen LogP contribution in [-0.4, -0.2) is 11.9 Å². The molecule has 0 aromatic carbocycles. The van der Waals surface area contributed by atoms with Crippen LogP contribution in [0.15, 0.2) is 12.2 Å². The first-order valence-electron chi connectivity index (χ1n) is 10.7. The van der Waals surface area contributed by atoms with Crippen molar-refractivity contribution < 1.29 is 14.3 Å². The third-order valence-electron chi connectivity index (χ3n) is 4.91. The molecule has 25 heavy (non-hydrogen) atoms. The van der Waals surface area contributed by atoms with Gasteiger partial charge in [-0.05, 0) is 25.7 Å². The summed E-state index contributed by atoms with van der Waals surface area (Å²) in [5, 5.41) is 0. The average molecular weight is 351 g/mol. The molecule has 0 aromatic rings. The van der Waals surface area contributed by atoms with Crippen LogP contribution >= 0.6 is 0 Å². The van der Waals surface area contributed by atoms with Crippen molar-refractivity contribution in [1.29, 1.82) is 0 Å². The van der Waals surface area contributed by atoms with Crippen LogP contribution in [0.4, 0.5) is 0 Å². The molecule has 1 rings (SSSR count). The molecule has 0 unspecified atom stereocenters. The van der Waals surface area contributed by atoms with Crippen LogP contribution in [0.5, 0.6) is 0 Å². The Labute approximate surface area is 154 Å². The molecule has 0 amide bonds. The van der Waals surface area contributed by atoms with Gasteiger partial charge in [0.2, 0.25) is 0 Å². The molecule has 0 saturated heterocycles. The first-order valence-corrected chi connectivity index (χ1v) is 10.7. The van der Waals surface area contributed by atoms with E-state index in [4.69, 9.17) is 4.74 Å². The van der Waals surface area contributed by atoms with Gasteiger partial charge in [-0.3, -0.25) is 9.59 Å². The number of hydrogen-bond acceptors (Lipinski definition) is 3. The molecule has 1 aliphatic heterocycles. The van der Waals surface area contributed by atoms with Crippen molar-refractivity contribution in [1.82, 2.24) is 0 Å². The van der Waals surface area contributed by atoms with E-state index in [0.717, 1.165) is 19.3 Å². The maximum Gasteiger partial charge on any atom is 0.313 e. The summed E-state index contributed by atoms with van der Waals surface area (Å²) in [5.74, 6) is -0.736. The van der Waals surface area contributed by atoms with Gasteiger partial charge < -0.3 is 4.74 Å². The van der Waals surface area contributed by atoms with Gasteiger partial charge in [0.1, 0.15) is 0 Å². The number of allylic oxidation sites excluding steroid dienone is 2. The van der Waals surface area contributed by atoms with Crippen molar-refractivity contribution in [2.45, 2.75) is 116 Å². The van der Waals surface area contributed by atoms with E-state index in [1.807, 2.05) is 6.08 Å². The van der Waals surface area contributed by atoms with Crippen molar-refractivity contribution in [3.63, 3.8) is 0 Å². The van der Waals surface area contributed by atoms with E-state index >= 15 is 0 Å². The molecule has 0 bridgehead atoms. The van der Waals surface area contributed by atoms with E-state index in [9.17, 15) is 9.59 Å². The quantitative estimate of drug-likeness (QED) is 0.279. The summed E-state index contributed by atoms with van der Waals surface area (Å²) in [5.41, 5.74) is 0. The smallest absolute Gasteiger partial charge is 0.313 e. The third kappa shape index (κ3) is 14.9. The fraction of sp³-hybridized carbons (Fsp3) is 0.818. The summed E-state index contributed by atoms with van der Waals surface area (Å²) in [6.07, 6.45) is 24.5. The Morgan fingerprint density at radius 2 is 0.880 bits per heavy atom. The maximum atomic E-state index is 11.6. The Morgan fingerprint density at radius 1 is 0.480 bits per heavy atom. The number of esters is 2. The molecule has 0 aliphatic carbocycles. The Hall–Kier alpha value is -1.12. The lowest BCUT2D eigenvalue weighted by molar-refractivity contribution is -0.159. The molecule has 1 aliphatic rings. The topological polar surface area (TPSA) is 43.4 Å². The number of carbonyl (C=O) groups excluding carboxylic acids is 2. The second kappa shape index (κ2) is 16.4. The molecular weight excluding hydrogens is 312 g/mol. The van der Waals surface area contributed by atoms with Gasteiger partial charge in [0.05, 0.1) is 0 Å². The SMILES string of the molecule is O=C1CC/C=C\CCCCCCCCCCCCCCCCC(=O)O1. The van der Waals surface area contributed by atoms with Crippen LogP contribution in [0.2, 0.25) is 0 Å². The number of rotatable bonds is 0. The van der Waals surface area contributed by atoms with E-state index in [0.29, 0.717) is 19.3 Å². The normalized spacial score (nSPS) is 23.5. The highest BCUT2D eigenvalue weighted by atomic mass is 16.6. The third-order valence-corrected chi connectivity index (χ3v) is 4.91. The van der Waals surface area contributed by atoms with E-state index in [-0.39, 0.29) is 11.9 Å².